The summed E-state index contributed by atoms with van der Waals surface area (Å²) in [5.41, 5.74) is 7.85. The smallest absolute Gasteiger partial charge is 0.154 e. The maximum absolute atomic E-state index is 13.8. The minimum absolute atomic E-state index is 0.277. The Kier molecular flexibility index (Phi) is 3.23. The standard InChI is InChI=1S/C13H17FN4/c1-4-18-13(12(15)9(2)16-18)17(3)11-8-6-5-7-10(11)14/h5-8H,4,15H2,1-3H3. The number of hydrogen-bond donors (Lipinski definition) is 1. The van der Waals surface area contributed by atoms with Crippen LogP contribution in [0, 0.1) is 12.7 Å². The first kappa shape index (κ1) is 12.4. The summed E-state index contributed by atoms with van der Waals surface area (Å²) < 4.78 is 15.6. The number of anilines is 3. The molecule has 1 aromatic heterocycles. The number of benzene rings is 1. The molecule has 0 spiro atoms. The van der Waals surface area contributed by atoms with Gasteiger partial charge < -0.3 is 10.6 Å². The predicted octanol–water partition coefficient (Wildman–Crippen LogP) is 2.70. The monoisotopic (exact) mass is 248 g/mol. The molecule has 0 amide bonds. The van der Waals surface area contributed by atoms with Crippen LogP contribution in [0.5, 0.6) is 0 Å². The van der Waals surface area contributed by atoms with Gasteiger partial charge in [0.25, 0.3) is 0 Å². The van der Waals surface area contributed by atoms with Crippen LogP contribution in [0.3, 0.4) is 0 Å². The lowest BCUT2D eigenvalue weighted by atomic mass is 10.2. The van der Waals surface area contributed by atoms with Crippen LogP contribution in [-0.2, 0) is 6.54 Å². The van der Waals surface area contributed by atoms with E-state index in [1.54, 1.807) is 34.8 Å². The number of aryl methyl sites for hydroxylation is 2. The highest BCUT2D eigenvalue weighted by Gasteiger charge is 2.18. The zero-order valence-electron chi connectivity index (χ0n) is 10.8. The Hall–Kier alpha value is -2.04. The first-order valence-corrected chi connectivity index (χ1v) is 5.87. The van der Waals surface area contributed by atoms with Crippen molar-refractivity contribution in [3.8, 4) is 0 Å². The average Bonchev–Trinajstić information content (AvgIpc) is 2.65. The lowest BCUT2D eigenvalue weighted by molar-refractivity contribution is 0.620. The van der Waals surface area contributed by atoms with Crippen LogP contribution in [0.1, 0.15) is 12.6 Å². The maximum atomic E-state index is 13.8. The van der Waals surface area contributed by atoms with Crippen molar-refractivity contribution in [3.05, 3.63) is 35.8 Å². The van der Waals surface area contributed by atoms with Crippen molar-refractivity contribution in [3.63, 3.8) is 0 Å². The summed E-state index contributed by atoms with van der Waals surface area (Å²) in [6.45, 7) is 4.51. The third-order valence-electron chi connectivity index (χ3n) is 2.98. The van der Waals surface area contributed by atoms with Crippen molar-refractivity contribution in [2.45, 2.75) is 20.4 Å². The minimum Gasteiger partial charge on any atom is -0.394 e. The van der Waals surface area contributed by atoms with E-state index in [-0.39, 0.29) is 5.82 Å². The Labute approximate surface area is 106 Å². The quantitative estimate of drug-likeness (QED) is 0.908. The molecule has 2 aromatic rings. The van der Waals surface area contributed by atoms with Gasteiger partial charge in [-0.1, -0.05) is 12.1 Å². The molecule has 18 heavy (non-hydrogen) atoms. The zero-order chi connectivity index (χ0) is 13.3. The second-order valence-corrected chi connectivity index (χ2v) is 4.15. The second-order valence-electron chi connectivity index (χ2n) is 4.15. The van der Waals surface area contributed by atoms with E-state index in [1.807, 2.05) is 13.8 Å². The van der Waals surface area contributed by atoms with Crippen molar-refractivity contribution < 1.29 is 4.39 Å². The van der Waals surface area contributed by atoms with E-state index in [4.69, 9.17) is 5.73 Å². The molecular weight excluding hydrogens is 231 g/mol. The summed E-state index contributed by atoms with van der Waals surface area (Å²) in [6.07, 6.45) is 0. The maximum Gasteiger partial charge on any atom is 0.154 e. The van der Waals surface area contributed by atoms with Crippen LogP contribution >= 0.6 is 0 Å². The molecular formula is C13H17FN4. The van der Waals surface area contributed by atoms with Gasteiger partial charge in [-0.3, -0.25) is 0 Å². The summed E-state index contributed by atoms with van der Waals surface area (Å²) in [5, 5.41) is 4.33. The molecule has 0 unspecified atom stereocenters. The molecule has 0 atom stereocenters. The highest BCUT2D eigenvalue weighted by atomic mass is 19.1. The topological polar surface area (TPSA) is 47.1 Å². The van der Waals surface area contributed by atoms with E-state index in [1.165, 1.54) is 6.07 Å². The summed E-state index contributed by atoms with van der Waals surface area (Å²) >= 11 is 0. The fourth-order valence-electron chi connectivity index (χ4n) is 2.00. The van der Waals surface area contributed by atoms with E-state index >= 15 is 0 Å². The molecule has 1 aromatic carbocycles. The molecule has 0 saturated heterocycles. The molecule has 0 bridgehead atoms. The van der Waals surface area contributed by atoms with E-state index in [0.29, 0.717) is 17.9 Å². The highest BCUT2D eigenvalue weighted by Crippen LogP contribution is 2.32. The van der Waals surface area contributed by atoms with Gasteiger partial charge in [0.2, 0.25) is 0 Å². The van der Waals surface area contributed by atoms with Crippen LogP contribution in [-0.4, -0.2) is 16.8 Å². The number of nitrogens with two attached hydrogens (primary N) is 1. The van der Waals surface area contributed by atoms with E-state index < -0.39 is 0 Å². The first-order valence-electron chi connectivity index (χ1n) is 5.87. The summed E-state index contributed by atoms with van der Waals surface area (Å²) in [7, 11) is 1.79. The molecule has 1 heterocycles. The Morgan fingerprint density at radius 2 is 2.06 bits per heavy atom. The summed E-state index contributed by atoms with van der Waals surface area (Å²) in [6, 6.07) is 6.61. The van der Waals surface area contributed by atoms with Gasteiger partial charge >= 0.3 is 0 Å². The van der Waals surface area contributed by atoms with Crippen molar-refractivity contribution in [2.75, 3.05) is 17.7 Å². The average molecular weight is 248 g/mol. The third-order valence-corrected chi connectivity index (χ3v) is 2.98. The van der Waals surface area contributed by atoms with Gasteiger partial charge in [-0.2, -0.15) is 5.10 Å². The molecule has 0 aliphatic rings. The van der Waals surface area contributed by atoms with Crippen LogP contribution in [0.15, 0.2) is 24.3 Å². The molecule has 4 nitrogen and oxygen atoms in total. The molecule has 5 heteroatoms. The van der Waals surface area contributed by atoms with E-state index in [0.717, 1.165) is 11.5 Å². The van der Waals surface area contributed by atoms with Crippen LogP contribution < -0.4 is 10.6 Å². The predicted molar refractivity (Wildman–Crippen MR) is 71.5 cm³/mol. The Morgan fingerprint density at radius 1 is 1.39 bits per heavy atom. The number of aromatic nitrogens is 2. The number of rotatable bonds is 3. The van der Waals surface area contributed by atoms with Crippen molar-refractivity contribution in [1.29, 1.82) is 0 Å². The van der Waals surface area contributed by atoms with Crippen LogP contribution in [0.4, 0.5) is 21.6 Å². The number of halogens is 1. The minimum atomic E-state index is -0.277. The van der Waals surface area contributed by atoms with E-state index in [9.17, 15) is 4.39 Å². The van der Waals surface area contributed by atoms with Gasteiger partial charge in [0.05, 0.1) is 17.1 Å². The van der Waals surface area contributed by atoms with Gasteiger partial charge in [0, 0.05) is 13.6 Å². The van der Waals surface area contributed by atoms with Gasteiger partial charge in [0.15, 0.2) is 5.82 Å². The fraction of sp³-hybridized carbons (Fsp3) is 0.308. The van der Waals surface area contributed by atoms with Gasteiger partial charge in [-0.05, 0) is 26.0 Å². The van der Waals surface area contributed by atoms with Crippen LogP contribution in [0.2, 0.25) is 0 Å². The molecule has 2 N–H and O–H groups in total. The summed E-state index contributed by atoms with van der Waals surface area (Å²) in [5.74, 6) is 0.445. The third kappa shape index (κ3) is 1.92. The highest BCUT2D eigenvalue weighted by molar-refractivity contribution is 5.73. The van der Waals surface area contributed by atoms with Crippen molar-refractivity contribution in [2.24, 2.45) is 0 Å². The second kappa shape index (κ2) is 4.68. The van der Waals surface area contributed by atoms with Gasteiger partial charge in [-0.25, -0.2) is 9.07 Å². The Bertz CT molecular complexity index is 562. The van der Waals surface area contributed by atoms with Crippen LogP contribution in [0.25, 0.3) is 0 Å². The Balaban J connectivity index is 2.52. The van der Waals surface area contributed by atoms with Gasteiger partial charge in [-0.15, -0.1) is 0 Å². The Morgan fingerprint density at radius 3 is 2.67 bits per heavy atom. The number of nitrogen functional groups attached to an aromatic ring is 1. The van der Waals surface area contributed by atoms with Gasteiger partial charge in [0.1, 0.15) is 5.82 Å². The van der Waals surface area contributed by atoms with E-state index in [2.05, 4.69) is 5.10 Å². The normalized spacial score (nSPS) is 10.7. The largest absolute Gasteiger partial charge is 0.394 e. The number of para-hydroxylation sites is 1. The van der Waals surface area contributed by atoms with Crippen molar-refractivity contribution in [1.82, 2.24) is 9.78 Å². The lowest BCUT2D eigenvalue weighted by Crippen LogP contribution is -2.17. The first-order chi connectivity index (χ1) is 8.56. The molecule has 0 saturated carbocycles. The zero-order valence-corrected chi connectivity index (χ0v) is 10.8. The van der Waals surface area contributed by atoms with Crippen molar-refractivity contribution >= 4 is 17.2 Å². The lowest BCUT2D eigenvalue weighted by Gasteiger charge is -2.21. The molecule has 2 rings (SSSR count). The molecule has 0 aliphatic carbocycles. The summed E-state index contributed by atoms with van der Waals surface area (Å²) in [4.78, 5) is 1.73. The molecule has 0 radical (unpaired) electrons. The SMILES string of the molecule is CCn1nc(C)c(N)c1N(C)c1ccccc1F. The molecule has 96 valence electrons. The molecule has 0 fully saturated rings. The number of nitrogens with zero attached hydrogens (tertiary/aromatic N) is 3. The fourth-order valence-corrected chi connectivity index (χ4v) is 2.00. The molecule has 0 aliphatic heterocycles. The number of hydrogen-bond acceptors (Lipinski definition) is 3.